The highest BCUT2D eigenvalue weighted by Crippen LogP contribution is 2.32. The third kappa shape index (κ3) is 4.09. The van der Waals surface area contributed by atoms with Gasteiger partial charge in [-0.15, -0.1) is 0 Å². The third-order valence-electron chi connectivity index (χ3n) is 5.69. The van der Waals surface area contributed by atoms with Crippen LogP contribution < -0.4 is 4.90 Å². The fourth-order valence-electron chi connectivity index (χ4n) is 4.26. The Bertz CT molecular complexity index is 859. The zero-order valence-corrected chi connectivity index (χ0v) is 17.0. The van der Waals surface area contributed by atoms with E-state index >= 15 is 0 Å². The first-order chi connectivity index (χ1) is 13.5. The molecule has 2 heterocycles. The number of hydrogen-bond acceptors (Lipinski definition) is 3. The first kappa shape index (κ1) is 19.4. The van der Waals surface area contributed by atoms with Gasteiger partial charge in [-0.25, -0.2) is 4.90 Å². The molecule has 4 rings (SSSR count). The number of piperidine rings is 1. The van der Waals surface area contributed by atoms with E-state index < -0.39 is 0 Å². The minimum atomic E-state index is -0.386. The Morgan fingerprint density at radius 2 is 1.57 bits per heavy atom. The van der Waals surface area contributed by atoms with E-state index in [4.69, 9.17) is 23.2 Å². The van der Waals surface area contributed by atoms with Crippen molar-refractivity contribution in [2.75, 3.05) is 18.0 Å². The number of likely N-dealkylation sites (tertiary alicyclic amines) is 1. The van der Waals surface area contributed by atoms with Gasteiger partial charge in [0.15, 0.2) is 0 Å². The monoisotopic (exact) mass is 416 g/mol. The first-order valence-corrected chi connectivity index (χ1v) is 10.4. The van der Waals surface area contributed by atoms with Gasteiger partial charge in [0, 0.05) is 10.0 Å². The van der Waals surface area contributed by atoms with Crippen molar-refractivity contribution in [3.63, 3.8) is 0 Å². The fourth-order valence-corrected chi connectivity index (χ4v) is 4.77. The van der Waals surface area contributed by atoms with Crippen LogP contribution in [0.4, 0.5) is 5.69 Å². The topological polar surface area (TPSA) is 40.6 Å². The van der Waals surface area contributed by atoms with Gasteiger partial charge in [0.25, 0.3) is 5.91 Å². The van der Waals surface area contributed by atoms with E-state index in [1.54, 1.807) is 18.2 Å². The van der Waals surface area contributed by atoms with Gasteiger partial charge in [0.1, 0.15) is 0 Å². The average molecular weight is 417 g/mol. The zero-order chi connectivity index (χ0) is 19.7. The van der Waals surface area contributed by atoms with Crippen LogP contribution in [-0.4, -0.2) is 35.8 Å². The number of halogens is 2. The molecular formula is C22H22Cl2N2O2. The Hall–Kier alpha value is -1.88. The molecule has 2 fully saturated rings. The molecule has 2 aliphatic rings. The number of hydrogen-bond donors (Lipinski definition) is 0. The minimum absolute atomic E-state index is 0.176. The van der Waals surface area contributed by atoms with Crippen LogP contribution in [-0.2, 0) is 16.0 Å². The predicted molar refractivity (Wildman–Crippen MR) is 112 cm³/mol. The van der Waals surface area contributed by atoms with Gasteiger partial charge in [-0.2, -0.15) is 0 Å². The number of carbonyl (C=O) groups is 2. The quantitative estimate of drug-likeness (QED) is 0.684. The second kappa shape index (κ2) is 8.24. The fraction of sp³-hybridized carbons (Fsp3) is 0.364. The summed E-state index contributed by atoms with van der Waals surface area (Å²) in [7, 11) is 0. The Morgan fingerprint density at radius 3 is 2.21 bits per heavy atom. The molecule has 0 spiro atoms. The van der Waals surface area contributed by atoms with Crippen LogP contribution in [0.25, 0.3) is 0 Å². The third-order valence-corrected chi connectivity index (χ3v) is 6.12. The summed E-state index contributed by atoms with van der Waals surface area (Å²) in [5, 5.41) is 0.821. The second-order valence-electron chi connectivity index (χ2n) is 7.58. The van der Waals surface area contributed by atoms with Crippen molar-refractivity contribution in [1.82, 2.24) is 4.90 Å². The van der Waals surface area contributed by atoms with Crippen LogP contribution in [0.15, 0.2) is 48.5 Å². The molecule has 0 N–H and O–H groups in total. The SMILES string of the molecule is O=C1C[C@H](N2CCC(Cc3ccccc3)CC2)C(=O)N1c1cc(Cl)cc(Cl)c1. The molecule has 6 heteroatoms. The molecule has 4 nitrogen and oxygen atoms in total. The first-order valence-electron chi connectivity index (χ1n) is 9.62. The Morgan fingerprint density at radius 1 is 0.929 bits per heavy atom. The summed E-state index contributed by atoms with van der Waals surface area (Å²) >= 11 is 12.1. The van der Waals surface area contributed by atoms with E-state index in [-0.39, 0.29) is 24.3 Å². The predicted octanol–water partition coefficient (Wildman–Crippen LogP) is 4.58. The molecule has 2 saturated heterocycles. The summed E-state index contributed by atoms with van der Waals surface area (Å²) in [5.41, 5.74) is 1.81. The number of amides is 2. The molecule has 0 aromatic heterocycles. The van der Waals surface area contributed by atoms with Crippen molar-refractivity contribution >= 4 is 40.7 Å². The van der Waals surface area contributed by atoms with Crippen molar-refractivity contribution in [1.29, 1.82) is 0 Å². The van der Waals surface area contributed by atoms with Crippen molar-refractivity contribution < 1.29 is 9.59 Å². The number of anilines is 1. The molecule has 146 valence electrons. The molecule has 28 heavy (non-hydrogen) atoms. The van der Waals surface area contributed by atoms with Gasteiger partial charge < -0.3 is 0 Å². The van der Waals surface area contributed by atoms with Crippen LogP contribution in [0, 0.1) is 5.92 Å². The molecule has 0 saturated carbocycles. The highest BCUT2D eigenvalue weighted by molar-refractivity contribution is 6.35. The lowest BCUT2D eigenvalue weighted by molar-refractivity contribution is -0.123. The Balaban J connectivity index is 1.40. The van der Waals surface area contributed by atoms with Gasteiger partial charge in [0.2, 0.25) is 5.91 Å². The smallest absolute Gasteiger partial charge is 0.251 e. The van der Waals surface area contributed by atoms with E-state index in [1.807, 2.05) is 6.07 Å². The Labute approximate surface area is 175 Å². The van der Waals surface area contributed by atoms with Crippen LogP contribution >= 0.6 is 23.2 Å². The highest BCUT2D eigenvalue weighted by atomic mass is 35.5. The van der Waals surface area contributed by atoms with Gasteiger partial charge in [-0.1, -0.05) is 53.5 Å². The number of nitrogens with zero attached hydrogens (tertiary/aromatic N) is 2. The maximum atomic E-state index is 13.0. The summed E-state index contributed by atoms with van der Waals surface area (Å²) < 4.78 is 0. The lowest BCUT2D eigenvalue weighted by Gasteiger charge is -2.34. The summed E-state index contributed by atoms with van der Waals surface area (Å²) in [4.78, 5) is 28.9. The zero-order valence-electron chi connectivity index (χ0n) is 15.5. The number of benzene rings is 2. The van der Waals surface area contributed by atoms with Crippen molar-refractivity contribution in [2.24, 2.45) is 5.92 Å². The molecule has 2 aliphatic heterocycles. The molecule has 2 amide bonds. The minimum Gasteiger partial charge on any atom is -0.292 e. The molecule has 1 atom stereocenters. The van der Waals surface area contributed by atoms with Crippen molar-refractivity contribution in [3.8, 4) is 0 Å². The lowest BCUT2D eigenvalue weighted by atomic mass is 9.89. The van der Waals surface area contributed by atoms with Crippen LogP contribution in [0.1, 0.15) is 24.8 Å². The lowest BCUT2D eigenvalue weighted by Crippen LogP contribution is -2.46. The van der Waals surface area contributed by atoms with Crippen molar-refractivity contribution in [3.05, 3.63) is 64.1 Å². The molecule has 0 aliphatic carbocycles. The van der Waals surface area contributed by atoms with E-state index in [1.165, 1.54) is 10.5 Å². The summed E-state index contributed by atoms with van der Waals surface area (Å²) in [6, 6.07) is 14.9. The van der Waals surface area contributed by atoms with Gasteiger partial charge in [-0.05, 0) is 62.0 Å². The maximum absolute atomic E-state index is 13.0. The van der Waals surface area contributed by atoms with Crippen LogP contribution in [0.3, 0.4) is 0 Å². The maximum Gasteiger partial charge on any atom is 0.251 e. The molecule has 2 aromatic carbocycles. The van der Waals surface area contributed by atoms with E-state index in [0.29, 0.717) is 21.7 Å². The highest BCUT2D eigenvalue weighted by Gasteiger charge is 2.43. The van der Waals surface area contributed by atoms with Gasteiger partial charge in [0.05, 0.1) is 18.2 Å². The van der Waals surface area contributed by atoms with E-state index in [2.05, 4.69) is 29.2 Å². The average Bonchev–Trinajstić information content (AvgIpc) is 2.97. The summed E-state index contributed by atoms with van der Waals surface area (Å²) in [6.45, 7) is 1.68. The molecular weight excluding hydrogens is 395 g/mol. The summed E-state index contributed by atoms with van der Waals surface area (Å²) in [6.07, 6.45) is 3.36. The standard InChI is InChI=1S/C22H22Cl2N2O2/c23-17-11-18(24)13-19(12-17)26-21(27)14-20(22(26)28)25-8-6-16(7-9-25)10-15-4-2-1-3-5-15/h1-5,11-13,16,20H,6-10,14H2/t20-/m0/s1. The van der Waals surface area contributed by atoms with Crippen LogP contribution in [0.5, 0.6) is 0 Å². The van der Waals surface area contributed by atoms with E-state index in [9.17, 15) is 9.59 Å². The van der Waals surface area contributed by atoms with Gasteiger partial charge >= 0.3 is 0 Å². The van der Waals surface area contributed by atoms with Crippen LogP contribution in [0.2, 0.25) is 10.0 Å². The number of imide groups is 1. The van der Waals surface area contributed by atoms with Gasteiger partial charge in [-0.3, -0.25) is 14.5 Å². The van der Waals surface area contributed by atoms with E-state index in [0.717, 1.165) is 32.4 Å². The summed E-state index contributed by atoms with van der Waals surface area (Å²) in [5.74, 6) is 0.248. The molecule has 0 radical (unpaired) electrons. The molecule has 0 unspecified atom stereocenters. The second-order valence-corrected chi connectivity index (χ2v) is 8.46. The Kier molecular flexibility index (Phi) is 5.72. The largest absolute Gasteiger partial charge is 0.292 e. The number of carbonyl (C=O) groups excluding carboxylic acids is 2. The normalized spacial score (nSPS) is 21.5. The molecule has 0 bridgehead atoms. The number of rotatable bonds is 4. The molecule has 2 aromatic rings. The van der Waals surface area contributed by atoms with Crippen molar-refractivity contribution in [2.45, 2.75) is 31.7 Å².